The van der Waals surface area contributed by atoms with Gasteiger partial charge in [0.1, 0.15) is 11.3 Å². The third-order valence-electron chi connectivity index (χ3n) is 2.04. The molecule has 0 atom stereocenters. The molecule has 122 valence electrons. The Kier molecular flexibility index (Phi) is 5.42. The monoisotopic (exact) mass is 357 g/mol. The van der Waals surface area contributed by atoms with E-state index in [1.807, 2.05) is 20.8 Å². The Morgan fingerprint density at radius 2 is 1.57 bits per heavy atom. The Labute approximate surface area is 128 Å². The van der Waals surface area contributed by atoms with Crippen molar-refractivity contribution >= 4 is 31.8 Å². The Bertz CT molecular complexity index is 655. The van der Waals surface area contributed by atoms with Crippen LogP contribution in [0.3, 0.4) is 0 Å². The molecule has 0 unspecified atom stereocenters. The molecule has 0 bridgehead atoms. The van der Waals surface area contributed by atoms with Gasteiger partial charge in [0.15, 0.2) is 0 Å². The fraction of sp³-hybridized carbons (Fsp3) is 0.778. The van der Waals surface area contributed by atoms with Crippen molar-refractivity contribution in [1.29, 1.82) is 0 Å². The summed E-state index contributed by atoms with van der Waals surface area (Å²) < 4.78 is 49.4. The van der Waals surface area contributed by atoms with Gasteiger partial charge in [0.05, 0.1) is 12.5 Å². The fourth-order valence-electron chi connectivity index (χ4n) is 1.20. The predicted molar refractivity (Wildman–Crippen MR) is 80.7 cm³/mol. The molecule has 0 radical (unpaired) electrons. The first kappa shape index (κ1) is 18.4. The van der Waals surface area contributed by atoms with Crippen molar-refractivity contribution in [3.05, 3.63) is 5.82 Å². The number of hydrogen-bond acceptors (Lipinski definition) is 7. The van der Waals surface area contributed by atoms with Crippen LogP contribution in [0.5, 0.6) is 0 Å². The van der Waals surface area contributed by atoms with Crippen molar-refractivity contribution in [1.82, 2.24) is 24.6 Å². The highest BCUT2D eigenvalue weighted by molar-refractivity contribution is 8.01. The lowest BCUT2D eigenvalue weighted by atomic mass is 9.96. The Morgan fingerprint density at radius 3 is 1.90 bits per heavy atom. The van der Waals surface area contributed by atoms with Gasteiger partial charge in [-0.3, -0.25) is 5.10 Å². The average Bonchev–Trinajstić information content (AvgIpc) is 2.59. The maximum absolute atomic E-state index is 11.3. The molecule has 0 saturated heterocycles. The number of rotatable bonds is 6. The quantitative estimate of drug-likeness (QED) is 0.465. The van der Waals surface area contributed by atoms with E-state index in [1.165, 1.54) is 0 Å². The van der Waals surface area contributed by atoms with Crippen molar-refractivity contribution in [2.75, 3.05) is 12.5 Å². The van der Waals surface area contributed by atoms with Crippen LogP contribution >= 0.6 is 11.8 Å². The molecule has 9 nitrogen and oxygen atoms in total. The van der Waals surface area contributed by atoms with Crippen LogP contribution in [0.1, 0.15) is 26.6 Å². The van der Waals surface area contributed by atoms with E-state index >= 15 is 0 Å². The number of H-pyrrole nitrogens is 1. The van der Waals surface area contributed by atoms with E-state index in [0.29, 0.717) is 5.82 Å². The van der Waals surface area contributed by atoms with Gasteiger partial charge in [-0.1, -0.05) is 20.8 Å². The zero-order valence-corrected chi connectivity index (χ0v) is 14.8. The van der Waals surface area contributed by atoms with Gasteiger partial charge in [-0.15, -0.1) is 5.10 Å². The standard InChI is InChI=1S/C9H19N5O4S3/c1-9(2,3)6-10-7(12-11-6)19-8(13-20(4,15)16)14-21(5,17)18/h8,13-14H,1-5H3,(H,10,11,12). The average molecular weight is 357 g/mol. The van der Waals surface area contributed by atoms with E-state index in [0.717, 1.165) is 24.3 Å². The van der Waals surface area contributed by atoms with E-state index in [2.05, 4.69) is 24.6 Å². The molecular formula is C9H19N5O4S3. The van der Waals surface area contributed by atoms with Gasteiger partial charge in [-0.05, 0) is 11.8 Å². The summed E-state index contributed by atoms with van der Waals surface area (Å²) >= 11 is 0.845. The second kappa shape index (κ2) is 6.20. The molecule has 1 aromatic heterocycles. The molecule has 0 amide bonds. The molecule has 0 aliphatic carbocycles. The molecule has 12 heteroatoms. The minimum atomic E-state index is -3.60. The lowest BCUT2D eigenvalue weighted by Crippen LogP contribution is -2.44. The predicted octanol–water partition coefficient (Wildman–Crippen LogP) is -0.424. The summed E-state index contributed by atoms with van der Waals surface area (Å²) in [6, 6.07) is 0. The normalized spacial score (nSPS) is 13.8. The van der Waals surface area contributed by atoms with E-state index in [1.54, 1.807) is 0 Å². The van der Waals surface area contributed by atoms with Crippen molar-refractivity contribution in [3.8, 4) is 0 Å². The zero-order chi connectivity index (χ0) is 16.5. The minimum Gasteiger partial charge on any atom is -0.262 e. The third kappa shape index (κ3) is 7.22. The zero-order valence-electron chi connectivity index (χ0n) is 12.3. The maximum Gasteiger partial charge on any atom is 0.211 e. The molecular weight excluding hydrogens is 338 g/mol. The third-order valence-corrected chi connectivity index (χ3v) is 4.53. The van der Waals surface area contributed by atoms with Gasteiger partial charge < -0.3 is 0 Å². The van der Waals surface area contributed by atoms with Gasteiger partial charge in [0, 0.05) is 5.41 Å². The summed E-state index contributed by atoms with van der Waals surface area (Å²) in [6.07, 6.45) is 1.87. The number of nitrogens with zero attached hydrogens (tertiary/aromatic N) is 2. The maximum atomic E-state index is 11.3. The highest BCUT2D eigenvalue weighted by Gasteiger charge is 2.23. The van der Waals surface area contributed by atoms with Crippen LogP contribution < -0.4 is 9.44 Å². The highest BCUT2D eigenvalue weighted by Crippen LogP contribution is 2.22. The summed E-state index contributed by atoms with van der Waals surface area (Å²) in [5.41, 5.74) is -1.38. The minimum absolute atomic E-state index is 0.234. The molecule has 0 aromatic carbocycles. The van der Waals surface area contributed by atoms with Crippen LogP contribution in [0.4, 0.5) is 0 Å². The number of aromatic amines is 1. The Balaban J connectivity index is 2.93. The van der Waals surface area contributed by atoms with Crippen LogP contribution in [0.2, 0.25) is 0 Å². The molecule has 1 heterocycles. The molecule has 1 rings (SSSR count). The summed E-state index contributed by atoms with van der Waals surface area (Å²) in [5.74, 6) is 0.613. The van der Waals surface area contributed by atoms with Gasteiger partial charge in [0.2, 0.25) is 25.2 Å². The number of aromatic nitrogens is 3. The van der Waals surface area contributed by atoms with Crippen molar-refractivity contribution < 1.29 is 16.8 Å². The van der Waals surface area contributed by atoms with E-state index in [4.69, 9.17) is 0 Å². The van der Waals surface area contributed by atoms with Crippen LogP contribution in [0.15, 0.2) is 5.16 Å². The van der Waals surface area contributed by atoms with Gasteiger partial charge in [-0.25, -0.2) is 21.8 Å². The van der Waals surface area contributed by atoms with Crippen LogP contribution in [0, 0.1) is 0 Å². The fourth-order valence-corrected chi connectivity index (χ4v) is 4.06. The first-order valence-electron chi connectivity index (χ1n) is 5.80. The summed E-state index contributed by atoms with van der Waals surface area (Å²) in [7, 11) is -7.20. The van der Waals surface area contributed by atoms with Crippen molar-refractivity contribution in [2.45, 2.75) is 36.8 Å². The molecule has 0 aliphatic heterocycles. The Morgan fingerprint density at radius 1 is 1.10 bits per heavy atom. The molecule has 0 fully saturated rings. The second-order valence-corrected chi connectivity index (χ2v) is 10.1. The molecule has 21 heavy (non-hydrogen) atoms. The largest absolute Gasteiger partial charge is 0.262 e. The highest BCUT2D eigenvalue weighted by atomic mass is 32.2. The van der Waals surface area contributed by atoms with Crippen LogP contribution in [-0.4, -0.2) is 50.0 Å². The van der Waals surface area contributed by atoms with E-state index in [9.17, 15) is 16.8 Å². The smallest absolute Gasteiger partial charge is 0.211 e. The number of nitrogens with one attached hydrogen (secondary N) is 3. The van der Waals surface area contributed by atoms with Crippen molar-refractivity contribution in [2.24, 2.45) is 0 Å². The van der Waals surface area contributed by atoms with Gasteiger partial charge in [0.25, 0.3) is 0 Å². The summed E-state index contributed by atoms with van der Waals surface area (Å²) in [4.78, 5) is 4.21. The summed E-state index contributed by atoms with van der Waals surface area (Å²) in [6.45, 7) is 5.80. The first-order chi connectivity index (χ1) is 9.26. The molecule has 0 spiro atoms. The second-order valence-electron chi connectivity index (χ2n) is 5.49. The molecule has 0 saturated carbocycles. The topological polar surface area (TPSA) is 134 Å². The number of sulfonamides is 2. The van der Waals surface area contributed by atoms with Crippen LogP contribution in [0.25, 0.3) is 0 Å². The first-order valence-corrected chi connectivity index (χ1v) is 10.5. The lowest BCUT2D eigenvalue weighted by molar-refractivity contribution is 0.547. The van der Waals surface area contributed by atoms with E-state index < -0.39 is 25.5 Å². The number of hydrogen-bond donors (Lipinski definition) is 3. The molecule has 0 aliphatic rings. The van der Waals surface area contributed by atoms with Crippen LogP contribution in [-0.2, 0) is 25.5 Å². The number of thioether (sulfide) groups is 1. The van der Waals surface area contributed by atoms with Gasteiger partial charge in [-0.2, -0.15) is 9.44 Å². The van der Waals surface area contributed by atoms with E-state index in [-0.39, 0.29) is 10.6 Å². The molecule has 3 N–H and O–H groups in total. The Hall–Kier alpha value is -0.690. The summed E-state index contributed by atoms with van der Waals surface area (Å²) in [5, 5.41) is 6.91. The SMILES string of the molecule is CC(C)(C)c1nc(SC(NS(C)(=O)=O)NS(C)(=O)=O)n[nH]1. The lowest BCUT2D eigenvalue weighted by Gasteiger charge is -2.15. The van der Waals surface area contributed by atoms with Gasteiger partial charge >= 0.3 is 0 Å². The molecule has 1 aromatic rings. The van der Waals surface area contributed by atoms with Crippen molar-refractivity contribution in [3.63, 3.8) is 0 Å².